The number of imidazole rings is 1. The first-order valence-electron chi connectivity index (χ1n) is 6.48. The van der Waals surface area contributed by atoms with Crippen molar-refractivity contribution < 1.29 is 0 Å². The summed E-state index contributed by atoms with van der Waals surface area (Å²) in [6, 6.07) is 6.16. The highest BCUT2D eigenvalue weighted by Gasteiger charge is 2.29. The lowest BCUT2D eigenvalue weighted by atomic mass is 10.3. The van der Waals surface area contributed by atoms with E-state index in [0.29, 0.717) is 22.6 Å². The lowest BCUT2D eigenvalue weighted by Crippen LogP contribution is -2.03. The van der Waals surface area contributed by atoms with Gasteiger partial charge in [-0.2, -0.15) is 0 Å². The fourth-order valence-corrected chi connectivity index (χ4v) is 2.62. The summed E-state index contributed by atoms with van der Waals surface area (Å²) in [5.74, 6) is 1.17. The summed E-state index contributed by atoms with van der Waals surface area (Å²) in [5, 5.41) is 0.706. The van der Waals surface area contributed by atoms with Crippen molar-refractivity contribution >= 4 is 28.5 Å². The molecular weight excluding hydrogens is 274 g/mol. The molecule has 100 valence electrons. The van der Waals surface area contributed by atoms with E-state index in [0.717, 1.165) is 29.7 Å². The average Bonchev–Trinajstić information content (AvgIpc) is 3.20. The van der Waals surface area contributed by atoms with Crippen LogP contribution in [0.1, 0.15) is 18.9 Å². The number of nitrogen functional groups attached to an aromatic ring is 1. The second-order valence-electron chi connectivity index (χ2n) is 4.96. The first-order valence-corrected chi connectivity index (χ1v) is 6.86. The van der Waals surface area contributed by atoms with Gasteiger partial charge in [0.1, 0.15) is 5.69 Å². The molecule has 0 amide bonds. The second kappa shape index (κ2) is 4.18. The summed E-state index contributed by atoms with van der Waals surface area (Å²) in [6.45, 7) is 0. The maximum Gasteiger partial charge on any atom is 0.163 e. The molecule has 0 atom stereocenters. The SMILES string of the molecule is Nc1nccnc1-c1nc2ccc(Cl)cc2n1C1CC1. The zero-order chi connectivity index (χ0) is 13.7. The zero-order valence-electron chi connectivity index (χ0n) is 10.6. The molecule has 2 aromatic heterocycles. The van der Waals surface area contributed by atoms with E-state index in [1.54, 1.807) is 12.4 Å². The fraction of sp³-hybridized carbons (Fsp3) is 0.214. The molecule has 0 unspecified atom stereocenters. The molecule has 0 spiro atoms. The molecule has 4 rings (SSSR count). The third-order valence-corrected chi connectivity index (χ3v) is 3.74. The molecular formula is C14H12ClN5. The van der Waals surface area contributed by atoms with Crippen molar-refractivity contribution in [3.63, 3.8) is 0 Å². The van der Waals surface area contributed by atoms with E-state index in [9.17, 15) is 0 Å². The smallest absolute Gasteiger partial charge is 0.163 e. The Kier molecular flexibility index (Phi) is 2.44. The minimum absolute atomic E-state index is 0.399. The van der Waals surface area contributed by atoms with Gasteiger partial charge < -0.3 is 10.3 Å². The maximum absolute atomic E-state index is 6.11. The fourth-order valence-electron chi connectivity index (χ4n) is 2.46. The highest BCUT2D eigenvalue weighted by Crippen LogP contribution is 2.41. The Morgan fingerprint density at radius 1 is 1.20 bits per heavy atom. The van der Waals surface area contributed by atoms with E-state index in [1.807, 2.05) is 18.2 Å². The van der Waals surface area contributed by atoms with E-state index in [1.165, 1.54) is 0 Å². The summed E-state index contributed by atoms with van der Waals surface area (Å²) in [4.78, 5) is 13.1. The Morgan fingerprint density at radius 3 is 2.75 bits per heavy atom. The molecule has 1 saturated carbocycles. The van der Waals surface area contributed by atoms with Crippen molar-refractivity contribution in [1.29, 1.82) is 0 Å². The van der Waals surface area contributed by atoms with Gasteiger partial charge in [0.15, 0.2) is 11.6 Å². The van der Waals surface area contributed by atoms with Crippen LogP contribution in [-0.4, -0.2) is 19.5 Å². The Balaban J connectivity index is 2.04. The topological polar surface area (TPSA) is 69.6 Å². The molecule has 3 aromatic rings. The largest absolute Gasteiger partial charge is 0.382 e. The van der Waals surface area contributed by atoms with Gasteiger partial charge in [0, 0.05) is 23.5 Å². The summed E-state index contributed by atoms with van der Waals surface area (Å²) in [6.07, 6.45) is 5.51. The molecule has 0 aliphatic heterocycles. The van der Waals surface area contributed by atoms with Gasteiger partial charge in [-0.1, -0.05) is 11.6 Å². The minimum Gasteiger partial charge on any atom is -0.382 e. The standard InChI is InChI=1S/C14H12ClN5/c15-8-1-4-10-11(7-8)20(9-2-3-9)14(19-10)12-13(16)18-6-5-17-12/h1,4-7,9H,2-3H2,(H2,16,18). The number of nitrogens with zero attached hydrogens (tertiary/aromatic N) is 4. The summed E-state index contributed by atoms with van der Waals surface area (Å²) < 4.78 is 2.18. The third kappa shape index (κ3) is 1.74. The molecule has 20 heavy (non-hydrogen) atoms. The van der Waals surface area contributed by atoms with Gasteiger partial charge in [0.2, 0.25) is 0 Å². The van der Waals surface area contributed by atoms with Crippen molar-refractivity contribution in [2.75, 3.05) is 5.73 Å². The second-order valence-corrected chi connectivity index (χ2v) is 5.40. The molecule has 6 heteroatoms. The van der Waals surface area contributed by atoms with Gasteiger partial charge >= 0.3 is 0 Å². The summed E-state index contributed by atoms with van der Waals surface area (Å²) in [5.41, 5.74) is 8.50. The predicted molar refractivity (Wildman–Crippen MR) is 78.5 cm³/mol. The number of halogens is 1. The maximum atomic E-state index is 6.11. The molecule has 1 fully saturated rings. The van der Waals surface area contributed by atoms with Crippen molar-refractivity contribution in [3.8, 4) is 11.5 Å². The number of nitrogens with two attached hydrogens (primary N) is 1. The molecule has 2 N–H and O–H groups in total. The van der Waals surface area contributed by atoms with Crippen LogP contribution >= 0.6 is 11.6 Å². The molecule has 0 saturated heterocycles. The normalized spacial score (nSPS) is 14.8. The molecule has 0 radical (unpaired) electrons. The Bertz CT molecular complexity index is 806. The van der Waals surface area contributed by atoms with Crippen LogP contribution in [0.15, 0.2) is 30.6 Å². The van der Waals surface area contributed by atoms with Gasteiger partial charge in [-0.25, -0.2) is 15.0 Å². The van der Waals surface area contributed by atoms with Crippen LogP contribution in [0.2, 0.25) is 5.02 Å². The quantitative estimate of drug-likeness (QED) is 0.785. The van der Waals surface area contributed by atoms with Gasteiger partial charge in [0.25, 0.3) is 0 Å². The van der Waals surface area contributed by atoms with Gasteiger partial charge in [-0.15, -0.1) is 0 Å². The number of hydrogen-bond donors (Lipinski definition) is 1. The summed E-state index contributed by atoms with van der Waals surface area (Å²) in [7, 11) is 0. The Hall–Kier alpha value is -2.14. The number of hydrogen-bond acceptors (Lipinski definition) is 4. The van der Waals surface area contributed by atoms with Crippen LogP contribution in [0.3, 0.4) is 0 Å². The van der Waals surface area contributed by atoms with Crippen molar-refractivity contribution in [3.05, 3.63) is 35.6 Å². The van der Waals surface area contributed by atoms with Gasteiger partial charge in [-0.05, 0) is 31.0 Å². The van der Waals surface area contributed by atoms with Crippen molar-refractivity contribution in [2.24, 2.45) is 0 Å². The van der Waals surface area contributed by atoms with Crippen molar-refractivity contribution in [2.45, 2.75) is 18.9 Å². The monoisotopic (exact) mass is 285 g/mol. The van der Waals surface area contributed by atoms with Crippen LogP contribution in [-0.2, 0) is 0 Å². The van der Waals surface area contributed by atoms with E-state index in [4.69, 9.17) is 17.3 Å². The number of benzene rings is 1. The highest BCUT2D eigenvalue weighted by molar-refractivity contribution is 6.31. The van der Waals surface area contributed by atoms with Crippen LogP contribution in [0.25, 0.3) is 22.6 Å². The molecule has 5 nitrogen and oxygen atoms in total. The van der Waals surface area contributed by atoms with Crippen LogP contribution in [0, 0.1) is 0 Å². The third-order valence-electron chi connectivity index (χ3n) is 3.50. The molecule has 1 aliphatic rings. The minimum atomic E-state index is 0.399. The Morgan fingerprint density at radius 2 is 2.00 bits per heavy atom. The average molecular weight is 286 g/mol. The predicted octanol–water partition coefficient (Wildman–Crippen LogP) is 3.06. The highest BCUT2D eigenvalue weighted by atomic mass is 35.5. The summed E-state index contributed by atoms with van der Waals surface area (Å²) >= 11 is 6.11. The zero-order valence-corrected chi connectivity index (χ0v) is 11.4. The number of anilines is 1. The van der Waals surface area contributed by atoms with Gasteiger partial charge in [-0.3, -0.25) is 0 Å². The van der Waals surface area contributed by atoms with Crippen LogP contribution in [0.4, 0.5) is 5.82 Å². The molecule has 0 bridgehead atoms. The van der Waals surface area contributed by atoms with E-state index < -0.39 is 0 Å². The first kappa shape index (κ1) is 11.7. The molecule has 1 aromatic carbocycles. The Labute approximate surface area is 120 Å². The number of fused-ring (bicyclic) bond motifs is 1. The lowest BCUT2D eigenvalue weighted by molar-refractivity contribution is 0.772. The molecule has 2 heterocycles. The number of aromatic nitrogens is 4. The molecule has 1 aliphatic carbocycles. The van der Waals surface area contributed by atoms with E-state index in [-0.39, 0.29) is 0 Å². The number of rotatable bonds is 2. The van der Waals surface area contributed by atoms with E-state index >= 15 is 0 Å². The lowest BCUT2D eigenvalue weighted by Gasteiger charge is -2.08. The first-order chi connectivity index (χ1) is 9.74. The van der Waals surface area contributed by atoms with Crippen molar-refractivity contribution in [1.82, 2.24) is 19.5 Å². The van der Waals surface area contributed by atoms with Gasteiger partial charge in [0.05, 0.1) is 11.0 Å². The van der Waals surface area contributed by atoms with E-state index in [2.05, 4.69) is 19.5 Å². The van der Waals surface area contributed by atoms with Crippen LogP contribution < -0.4 is 5.73 Å². The van der Waals surface area contributed by atoms with Crippen LogP contribution in [0.5, 0.6) is 0 Å².